The first kappa shape index (κ1) is 17.1. The molecule has 1 saturated carbocycles. The van der Waals surface area contributed by atoms with Crippen molar-refractivity contribution in [2.75, 3.05) is 6.61 Å². The molecule has 0 bridgehead atoms. The minimum absolute atomic E-state index is 0.443. The number of rotatable bonds is 5. The summed E-state index contributed by atoms with van der Waals surface area (Å²) in [5.41, 5.74) is 0.366. The Balaban J connectivity index is 2.20. The summed E-state index contributed by atoms with van der Waals surface area (Å²) in [4.78, 5) is 0. The summed E-state index contributed by atoms with van der Waals surface area (Å²) in [6, 6.07) is 5.45. The molecule has 0 amide bonds. The summed E-state index contributed by atoms with van der Waals surface area (Å²) in [5, 5.41) is 12.1. The topological polar surface area (TPSA) is 29.5 Å². The third kappa shape index (κ3) is 4.13. The van der Waals surface area contributed by atoms with Crippen LogP contribution in [0.2, 0.25) is 10.0 Å². The SMILES string of the molecule is CCOC1(C(O)Cc2c(Cl)cccc2Cl)CCCCCC1. The van der Waals surface area contributed by atoms with Crippen LogP contribution in [0.15, 0.2) is 18.2 Å². The Morgan fingerprint density at radius 2 is 1.71 bits per heavy atom. The number of hydrogen-bond acceptors (Lipinski definition) is 2. The molecule has 1 unspecified atom stereocenters. The number of ether oxygens (including phenoxy) is 1. The van der Waals surface area contributed by atoms with Gasteiger partial charge in [0.1, 0.15) is 0 Å². The quantitative estimate of drug-likeness (QED) is 0.767. The molecule has 2 nitrogen and oxygen atoms in total. The molecule has 4 heteroatoms. The van der Waals surface area contributed by atoms with Crippen LogP contribution in [-0.2, 0) is 11.2 Å². The molecule has 0 heterocycles. The van der Waals surface area contributed by atoms with Gasteiger partial charge in [-0.25, -0.2) is 0 Å². The minimum atomic E-state index is -0.576. The predicted molar refractivity (Wildman–Crippen MR) is 88.2 cm³/mol. The first-order chi connectivity index (χ1) is 10.1. The molecule has 1 fully saturated rings. The Labute approximate surface area is 137 Å². The van der Waals surface area contributed by atoms with Gasteiger partial charge in [0.15, 0.2) is 0 Å². The number of benzene rings is 1. The van der Waals surface area contributed by atoms with Crippen molar-refractivity contribution in [3.63, 3.8) is 0 Å². The van der Waals surface area contributed by atoms with Crippen molar-refractivity contribution in [2.45, 2.75) is 63.6 Å². The third-order valence-corrected chi connectivity index (χ3v) is 5.16. The molecule has 118 valence electrons. The van der Waals surface area contributed by atoms with Gasteiger partial charge in [0.05, 0.1) is 11.7 Å². The van der Waals surface area contributed by atoms with Crippen LogP contribution in [0.1, 0.15) is 51.0 Å². The van der Waals surface area contributed by atoms with Crippen LogP contribution in [0, 0.1) is 0 Å². The fraction of sp³-hybridized carbons (Fsp3) is 0.647. The van der Waals surface area contributed by atoms with Crippen LogP contribution in [0.5, 0.6) is 0 Å². The maximum atomic E-state index is 10.8. The maximum absolute atomic E-state index is 10.8. The average Bonchev–Trinajstić information content (AvgIpc) is 2.70. The highest BCUT2D eigenvalue weighted by molar-refractivity contribution is 6.36. The van der Waals surface area contributed by atoms with Crippen molar-refractivity contribution < 1.29 is 9.84 Å². The van der Waals surface area contributed by atoms with E-state index < -0.39 is 11.7 Å². The molecular formula is C17H24Cl2O2. The van der Waals surface area contributed by atoms with Crippen LogP contribution in [0.4, 0.5) is 0 Å². The lowest BCUT2D eigenvalue weighted by atomic mass is 9.84. The summed E-state index contributed by atoms with van der Waals surface area (Å²) in [6.07, 6.45) is 6.32. The molecular weight excluding hydrogens is 307 g/mol. The van der Waals surface area contributed by atoms with E-state index in [1.807, 2.05) is 25.1 Å². The Bertz CT molecular complexity index is 434. The zero-order valence-electron chi connectivity index (χ0n) is 12.6. The number of aliphatic hydroxyl groups is 1. The smallest absolute Gasteiger partial charge is 0.0943 e. The monoisotopic (exact) mass is 330 g/mol. The Hall–Kier alpha value is -0.280. The van der Waals surface area contributed by atoms with E-state index in [4.69, 9.17) is 27.9 Å². The van der Waals surface area contributed by atoms with Crippen molar-refractivity contribution >= 4 is 23.2 Å². The first-order valence-electron chi connectivity index (χ1n) is 7.84. The second kappa shape index (κ2) is 7.82. The zero-order chi connectivity index (χ0) is 15.3. The van der Waals surface area contributed by atoms with Gasteiger partial charge >= 0.3 is 0 Å². The van der Waals surface area contributed by atoms with E-state index in [9.17, 15) is 5.11 Å². The summed E-state index contributed by atoms with van der Waals surface area (Å²) < 4.78 is 6.03. The molecule has 1 aromatic rings. The molecule has 2 rings (SSSR count). The highest BCUT2D eigenvalue weighted by Gasteiger charge is 2.39. The molecule has 1 aliphatic rings. The summed E-state index contributed by atoms with van der Waals surface area (Å²) in [7, 11) is 0. The Morgan fingerprint density at radius 1 is 1.14 bits per heavy atom. The summed E-state index contributed by atoms with van der Waals surface area (Å²) in [6.45, 7) is 2.61. The molecule has 0 spiro atoms. The molecule has 0 radical (unpaired) electrons. The zero-order valence-corrected chi connectivity index (χ0v) is 14.1. The van der Waals surface area contributed by atoms with Gasteiger partial charge in [0.25, 0.3) is 0 Å². The molecule has 0 saturated heterocycles. The van der Waals surface area contributed by atoms with Gasteiger partial charge in [-0.1, -0.05) is 55.0 Å². The van der Waals surface area contributed by atoms with Crippen molar-refractivity contribution in [2.24, 2.45) is 0 Å². The van der Waals surface area contributed by atoms with Crippen molar-refractivity contribution in [3.8, 4) is 0 Å². The van der Waals surface area contributed by atoms with Gasteiger partial charge < -0.3 is 9.84 Å². The van der Waals surface area contributed by atoms with Crippen LogP contribution in [0.3, 0.4) is 0 Å². The maximum Gasteiger partial charge on any atom is 0.0943 e. The molecule has 1 N–H and O–H groups in total. The highest BCUT2D eigenvalue weighted by Crippen LogP contribution is 2.36. The van der Waals surface area contributed by atoms with Gasteiger partial charge in [-0.05, 0) is 37.5 Å². The van der Waals surface area contributed by atoms with Gasteiger partial charge in [-0.15, -0.1) is 0 Å². The van der Waals surface area contributed by atoms with Crippen LogP contribution in [0.25, 0.3) is 0 Å². The molecule has 1 aromatic carbocycles. The lowest BCUT2D eigenvalue weighted by Gasteiger charge is -2.37. The van der Waals surface area contributed by atoms with Gasteiger partial charge in [0, 0.05) is 23.1 Å². The van der Waals surface area contributed by atoms with Gasteiger partial charge in [-0.3, -0.25) is 0 Å². The lowest BCUT2D eigenvalue weighted by Crippen LogP contribution is -2.46. The van der Waals surface area contributed by atoms with Crippen molar-refractivity contribution in [1.82, 2.24) is 0 Å². The standard InChI is InChI=1S/C17H24Cl2O2/c1-2-21-17(10-5-3-4-6-11-17)16(20)12-13-14(18)8-7-9-15(13)19/h7-9,16,20H,2-6,10-12H2,1H3. The lowest BCUT2D eigenvalue weighted by molar-refractivity contribution is -0.128. The predicted octanol–water partition coefficient (Wildman–Crippen LogP) is 5.03. The summed E-state index contributed by atoms with van der Waals surface area (Å²) in [5.74, 6) is 0. The van der Waals surface area contributed by atoms with E-state index in [0.29, 0.717) is 23.1 Å². The molecule has 0 aliphatic heterocycles. The largest absolute Gasteiger partial charge is 0.390 e. The second-order valence-electron chi connectivity index (χ2n) is 5.83. The highest BCUT2D eigenvalue weighted by atomic mass is 35.5. The number of hydrogen-bond donors (Lipinski definition) is 1. The number of aliphatic hydroxyl groups excluding tert-OH is 1. The molecule has 1 aliphatic carbocycles. The van der Waals surface area contributed by atoms with E-state index in [-0.39, 0.29) is 0 Å². The van der Waals surface area contributed by atoms with Crippen molar-refractivity contribution in [3.05, 3.63) is 33.8 Å². The first-order valence-corrected chi connectivity index (χ1v) is 8.59. The molecule has 21 heavy (non-hydrogen) atoms. The van der Waals surface area contributed by atoms with Crippen LogP contribution >= 0.6 is 23.2 Å². The minimum Gasteiger partial charge on any atom is -0.390 e. The molecule has 0 aromatic heterocycles. The fourth-order valence-electron chi connectivity index (χ4n) is 3.29. The summed E-state index contributed by atoms with van der Waals surface area (Å²) >= 11 is 12.5. The van der Waals surface area contributed by atoms with E-state index in [1.165, 1.54) is 12.8 Å². The van der Waals surface area contributed by atoms with Gasteiger partial charge in [-0.2, -0.15) is 0 Å². The number of halogens is 2. The normalized spacial score (nSPS) is 20.0. The third-order valence-electron chi connectivity index (χ3n) is 4.45. The molecule has 1 atom stereocenters. The Kier molecular flexibility index (Phi) is 6.36. The van der Waals surface area contributed by atoms with E-state index in [1.54, 1.807) is 0 Å². The van der Waals surface area contributed by atoms with E-state index >= 15 is 0 Å². The average molecular weight is 331 g/mol. The Morgan fingerprint density at radius 3 is 2.24 bits per heavy atom. The fourth-order valence-corrected chi connectivity index (χ4v) is 3.85. The van der Waals surface area contributed by atoms with E-state index in [0.717, 1.165) is 31.2 Å². The van der Waals surface area contributed by atoms with Gasteiger partial charge in [0.2, 0.25) is 0 Å². The van der Waals surface area contributed by atoms with Crippen LogP contribution < -0.4 is 0 Å². The second-order valence-corrected chi connectivity index (χ2v) is 6.65. The van der Waals surface area contributed by atoms with Crippen LogP contribution in [-0.4, -0.2) is 23.4 Å². The van der Waals surface area contributed by atoms with Crippen molar-refractivity contribution in [1.29, 1.82) is 0 Å². The van der Waals surface area contributed by atoms with E-state index in [2.05, 4.69) is 0 Å².